The molecular formula is C15H16N4O2. The van der Waals surface area contributed by atoms with E-state index in [2.05, 4.69) is 15.0 Å². The van der Waals surface area contributed by atoms with Crippen LogP contribution in [0.2, 0.25) is 0 Å². The molecule has 0 fully saturated rings. The van der Waals surface area contributed by atoms with Crippen molar-refractivity contribution in [3.8, 4) is 5.75 Å². The smallest absolute Gasteiger partial charge is 0.188 e. The summed E-state index contributed by atoms with van der Waals surface area (Å²) in [5.74, 6) is 1.69. The van der Waals surface area contributed by atoms with Gasteiger partial charge in [-0.1, -0.05) is 29.4 Å². The van der Waals surface area contributed by atoms with Crippen molar-refractivity contribution in [1.29, 1.82) is 0 Å². The van der Waals surface area contributed by atoms with Gasteiger partial charge < -0.3 is 20.6 Å². The van der Waals surface area contributed by atoms with E-state index in [0.29, 0.717) is 18.8 Å². The Morgan fingerprint density at radius 2 is 2.10 bits per heavy atom. The van der Waals surface area contributed by atoms with E-state index >= 15 is 0 Å². The third-order valence-corrected chi connectivity index (χ3v) is 3.38. The van der Waals surface area contributed by atoms with Crippen molar-refractivity contribution >= 4 is 11.7 Å². The fourth-order valence-corrected chi connectivity index (χ4v) is 2.31. The molecule has 0 spiro atoms. The van der Waals surface area contributed by atoms with Crippen LogP contribution in [-0.4, -0.2) is 29.2 Å². The molecule has 0 unspecified atom stereocenters. The number of nitrogens with zero attached hydrogens (tertiary/aromatic N) is 3. The van der Waals surface area contributed by atoms with Gasteiger partial charge in [-0.3, -0.25) is 0 Å². The topological polar surface area (TPSA) is 84.0 Å². The number of rotatable bonds is 2. The van der Waals surface area contributed by atoms with E-state index in [1.165, 1.54) is 0 Å². The van der Waals surface area contributed by atoms with Gasteiger partial charge in [-0.2, -0.15) is 0 Å². The molecule has 0 saturated heterocycles. The lowest BCUT2D eigenvalue weighted by molar-refractivity contribution is 0.318. The molecule has 0 amide bonds. The van der Waals surface area contributed by atoms with Gasteiger partial charge >= 0.3 is 0 Å². The fourth-order valence-electron chi connectivity index (χ4n) is 2.31. The Hall–Kier alpha value is -2.76. The molecule has 1 aromatic carbocycles. The zero-order valence-electron chi connectivity index (χ0n) is 11.4. The number of pyridine rings is 1. The summed E-state index contributed by atoms with van der Waals surface area (Å²) in [5, 5.41) is 11.7. The predicted molar refractivity (Wildman–Crippen MR) is 79.7 cm³/mol. The highest BCUT2D eigenvalue weighted by atomic mass is 16.5. The summed E-state index contributed by atoms with van der Waals surface area (Å²) in [5.41, 5.74) is 7.16. The summed E-state index contributed by atoms with van der Waals surface area (Å²) in [6.07, 6.45) is 0. The van der Waals surface area contributed by atoms with Gasteiger partial charge in [0.25, 0.3) is 0 Å². The minimum Gasteiger partial charge on any atom is -0.491 e. The number of benzene rings is 1. The van der Waals surface area contributed by atoms with Crippen LogP contribution >= 0.6 is 0 Å². The highest BCUT2D eigenvalue weighted by Gasteiger charge is 2.16. The van der Waals surface area contributed by atoms with Crippen LogP contribution in [0, 0.1) is 0 Å². The van der Waals surface area contributed by atoms with Gasteiger partial charge in [-0.05, 0) is 18.2 Å². The number of anilines is 1. The molecule has 0 aliphatic carbocycles. The highest BCUT2D eigenvalue weighted by molar-refractivity contribution is 5.95. The predicted octanol–water partition coefficient (Wildman–Crippen LogP) is 1.58. The number of hydrogen-bond donors (Lipinski definition) is 2. The molecule has 2 heterocycles. The molecule has 2 aromatic rings. The molecular weight excluding hydrogens is 268 g/mol. The SMILES string of the molecule is NC(=NO)c1cccc(N2CCOc3ccccc3C2)n1. The molecule has 21 heavy (non-hydrogen) atoms. The summed E-state index contributed by atoms with van der Waals surface area (Å²) in [4.78, 5) is 6.55. The maximum Gasteiger partial charge on any atom is 0.188 e. The Morgan fingerprint density at radius 3 is 2.95 bits per heavy atom. The van der Waals surface area contributed by atoms with Crippen LogP contribution in [0.15, 0.2) is 47.6 Å². The normalized spacial score (nSPS) is 15.0. The van der Waals surface area contributed by atoms with Crippen LogP contribution in [0.3, 0.4) is 0 Å². The molecule has 1 aliphatic heterocycles. The monoisotopic (exact) mass is 284 g/mol. The molecule has 6 heteroatoms. The number of amidine groups is 1. The van der Waals surface area contributed by atoms with Crippen LogP contribution in [-0.2, 0) is 6.54 Å². The maximum absolute atomic E-state index is 8.75. The van der Waals surface area contributed by atoms with Crippen molar-refractivity contribution in [1.82, 2.24) is 4.98 Å². The van der Waals surface area contributed by atoms with Crippen molar-refractivity contribution in [3.63, 3.8) is 0 Å². The van der Waals surface area contributed by atoms with Crippen molar-refractivity contribution in [2.75, 3.05) is 18.1 Å². The van der Waals surface area contributed by atoms with Crippen LogP contribution < -0.4 is 15.4 Å². The molecule has 6 nitrogen and oxygen atoms in total. The van der Waals surface area contributed by atoms with E-state index in [1.54, 1.807) is 6.07 Å². The molecule has 3 N–H and O–H groups in total. The first-order chi connectivity index (χ1) is 10.3. The van der Waals surface area contributed by atoms with E-state index in [9.17, 15) is 0 Å². The first kappa shape index (κ1) is 13.2. The highest BCUT2D eigenvalue weighted by Crippen LogP contribution is 2.25. The summed E-state index contributed by atoms with van der Waals surface area (Å²) in [7, 11) is 0. The fraction of sp³-hybridized carbons (Fsp3) is 0.200. The lowest BCUT2D eigenvalue weighted by Gasteiger charge is -2.21. The van der Waals surface area contributed by atoms with Crippen LogP contribution in [0.5, 0.6) is 5.75 Å². The van der Waals surface area contributed by atoms with Gasteiger partial charge in [-0.25, -0.2) is 4.98 Å². The molecule has 0 radical (unpaired) electrons. The Balaban J connectivity index is 1.91. The van der Waals surface area contributed by atoms with E-state index in [0.717, 1.165) is 23.7 Å². The van der Waals surface area contributed by atoms with E-state index in [-0.39, 0.29) is 5.84 Å². The molecule has 1 aromatic heterocycles. The summed E-state index contributed by atoms with van der Waals surface area (Å²) < 4.78 is 5.74. The number of aromatic nitrogens is 1. The second-order valence-corrected chi connectivity index (χ2v) is 4.74. The third-order valence-electron chi connectivity index (χ3n) is 3.38. The van der Waals surface area contributed by atoms with Crippen molar-refractivity contribution in [3.05, 3.63) is 53.7 Å². The number of nitrogens with two attached hydrogens (primary N) is 1. The minimum atomic E-state index is 0.00308. The zero-order valence-corrected chi connectivity index (χ0v) is 11.4. The maximum atomic E-state index is 8.75. The number of hydrogen-bond acceptors (Lipinski definition) is 5. The summed E-state index contributed by atoms with van der Waals surface area (Å²) in [6, 6.07) is 13.4. The zero-order chi connectivity index (χ0) is 14.7. The Bertz CT molecular complexity index is 672. The molecule has 0 atom stereocenters. The second-order valence-electron chi connectivity index (χ2n) is 4.74. The second kappa shape index (κ2) is 5.70. The van der Waals surface area contributed by atoms with E-state index < -0.39 is 0 Å². The van der Waals surface area contributed by atoms with Crippen molar-refractivity contribution in [2.45, 2.75) is 6.54 Å². The minimum absolute atomic E-state index is 0.00308. The largest absolute Gasteiger partial charge is 0.491 e. The Labute approximate surface area is 122 Å². The molecule has 0 saturated carbocycles. The lowest BCUT2D eigenvalue weighted by Crippen LogP contribution is -2.27. The number of oxime groups is 1. The van der Waals surface area contributed by atoms with Gasteiger partial charge in [-0.15, -0.1) is 0 Å². The van der Waals surface area contributed by atoms with Gasteiger partial charge in [0.1, 0.15) is 23.9 Å². The van der Waals surface area contributed by atoms with E-state index in [1.807, 2.05) is 36.4 Å². The molecule has 0 bridgehead atoms. The average Bonchev–Trinajstić information content (AvgIpc) is 2.76. The van der Waals surface area contributed by atoms with Gasteiger partial charge in [0, 0.05) is 12.1 Å². The van der Waals surface area contributed by atoms with Crippen LogP contribution in [0.4, 0.5) is 5.82 Å². The first-order valence-electron chi connectivity index (χ1n) is 6.68. The van der Waals surface area contributed by atoms with Gasteiger partial charge in [0.15, 0.2) is 5.84 Å². The summed E-state index contributed by atoms with van der Waals surface area (Å²) in [6.45, 7) is 2.02. The Kier molecular flexibility index (Phi) is 3.59. The number of para-hydroxylation sites is 1. The number of ether oxygens (including phenoxy) is 1. The van der Waals surface area contributed by atoms with Crippen LogP contribution in [0.25, 0.3) is 0 Å². The van der Waals surface area contributed by atoms with Crippen molar-refractivity contribution in [2.24, 2.45) is 10.9 Å². The van der Waals surface area contributed by atoms with Crippen LogP contribution in [0.1, 0.15) is 11.3 Å². The van der Waals surface area contributed by atoms with Crippen molar-refractivity contribution < 1.29 is 9.94 Å². The molecule has 108 valence electrons. The molecule has 1 aliphatic rings. The third kappa shape index (κ3) is 2.74. The van der Waals surface area contributed by atoms with Gasteiger partial charge in [0.2, 0.25) is 0 Å². The standard InChI is InChI=1S/C15H16N4O2/c16-15(18-20)12-5-3-7-14(17-12)19-8-9-21-13-6-2-1-4-11(13)10-19/h1-7,20H,8-10H2,(H2,16,18). The first-order valence-corrected chi connectivity index (χ1v) is 6.68. The average molecular weight is 284 g/mol. The van der Waals surface area contributed by atoms with Gasteiger partial charge in [0.05, 0.1) is 6.54 Å². The number of fused-ring (bicyclic) bond motifs is 1. The quantitative estimate of drug-likeness (QED) is 0.378. The van der Waals surface area contributed by atoms with E-state index in [4.69, 9.17) is 15.7 Å². The summed E-state index contributed by atoms with van der Waals surface area (Å²) >= 11 is 0. The Morgan fingerprint density at radius 1 is 1.24 bits per heavy atom. The molecule has 3 rings (SSSR count). The lowest BCUT2D eigenvalue weighted by atomic mass is 10.2.